The molecule has 1 aromatic rings. The summed E-state index contributed by atoms with van der Waals surface area (Å²) in [5.41, 5.74) is 2.72. The summed E-state index contributed by atoms with van der Waals surface area (Å²) in [6.07, 6.45) is 7.52. The summed E-state index contributed by atoms with van der Waals surface area (Å²) in [7, 11) is 1.86. The number of carbonyl (C=O) groups excluding carboxylic acids is 2. The Hall–Kier alpha value is -2.11. The average molecular weight is 333 g/mol. The fourth-order valence-corrected chi connectivity index (χ4v) is 3.15. The molecule has 0 bridgehead atoms. The summed E-state index contributed by atoms with van der Waals surface area (Å²) in [4.78, 5) is 23.7. The molecule has 0 aromatic carbocycles. The lowest BCUT2D eigenvalue weighted by Crippen LogP contribution is -2.42. The van der Waals surface area contributed by atoms with Crippen LogP contribution in [-0.4, -0.2) is 34.3 Å². The quantitative estimate of drug-likeness (QED) is 0.663. The van der Waals surface area contributed by atoms with Gasteiger partial charge in [-0.25, -0.2) is 4.79 Å². The van der Waals surface area contributed by atoms with Crippen molar-refractivity contribution < 1.29 is 14.3 Å². The van der Waals surface area contributed by atoms with Crippen molar-refractivity contribution in [3.8, 4) is 0 Å². The average Bonchev–Trinajstić information content (AvgIpc) is 2.78. The van der Waals surface area contributed by atoms with Crippen LogP contribution in [-0.2, 0) is 21.4 Å². The number of nitrogens with zero attached hydrogens (tertiary/aromatic N) is 2. The van der Waals surface area contributed by atoms with Crippen molar-refractivity contribution in [3.05, 3.63) is 23.0 Å². The first-order chi connectivity index (χ1) is 11.4. The van der Waals surface area contributed by atoms with E-state index in [4.69, 9.17) is 4.74 Å². The Bertz CT molecular complexity index is 634. The van der Waals surface area contributed by atoms with Gasteiger partial charge in [0, 0.05) is 30.4 Å². The number of esters is 1. The minimum absolute atomic E-state index is 0.196. The second kappa shape index (κ2) is 8.13. The van der Waals surface area contributed by atoms with Gasteiger partial charge < -0.3 is 10.1 Å². The lowest BCUT2D eigenvalue weighted by molar-refractivity contribution is -0.144. The Morgan fingerprint density at radius 3 is 2.67 bits per heavy atom. The minimum Gasteiger partial charge on any atom is -0.452 e. The summed E-state index contributed by atoms with van der Waals surface area (Å²) >= 11 is 0. The van der Waals surface area contributed by atoms with E-state index in [1.165, 1.54) is 12.5 Å². The zero-order valence-corrected chi connectivity index (χ0v) is 15.0. The molecule has 0 radical (unpaired) electrons. The van der Waals surface area contributed by atoms with Crippen LogP contribution in [0.25, 0.3) is 6.08 Å². The van der Waals surface area contributed by atoms with Crippen molar-refractivity contribution in [2.45, 2.75) is 52.5 Å². The van der Waals surface area contributed by atoms with Crippen LogP contribution in [0.1, 0.15) is 49.6 Å². The number of aromatic nitrogens is 2. The molecule has 1 aromatic heterocycles. The normalized spacial score (nSPS) is 21.0. The predicted octanol–water partition coefficient (Wildman–Crippen LogP) is 2.29. The lowest BCUT2D eigenvalue weighted by Gasteiger charge is -2.29. The van der Waals surface area contributed by atoms with Crippen molar-refractivity contribution in [1.29, 1.82) is 0 Å². The third-order valence-electron chi connectivity index (χ3n) is 4.75. The Labute approximate surface area is 143 Å². The van der Waals surface area contributed by atoms with E-state index in [0.29, 0.717) is 5.92 Å². The van der Waals surface area contributed by atoms with Crippen LogP contribution in [0.15, 0.2) is 6.08 Å². The molecule has 0 aliphatic heterocycles. The molecule has 2 rings (SSSR count). The highest BCUT2D eigenvalue weighted by atomic mass is 16.5. The Balaban J connectivity index is 1.80. The van der Waals surface area contributed by atoms with Gasteiger partial charge in [-0.3, -0.25) is 9.48 Å². The summed E-state index contributed by atoms with van der Waals surface area (Å²) in [5.74, 6) is -0.274. The van der Waals surface area contributed by atoms with Gasteiger partial charge in [0.05, 0.1) is 5.69 Å². The second-order valence-corrected chi connectivity index (χ2v) is 6.58. The zero-order valence-electron chi connectivity index (χ0n) is 15.0. The van der Waals surface area contributed by atoms with E-state index in [9.17, 15) is 9.59 Å². The minimum atomic E-state index is -0.524. The number of carbonyl (C=O) groups is 2. The predicted molar refractivity (Wildman–Crippen MR) is 92.2 cm³/mol. The van der Waals surface area contributed by atoms with Crippen molar-refractivity contribution in [3.63, 3.8) is 0 Å². The molecule has 1 fully saturated rings. The Kier molecular flexibility index (Phi) is 6.17. The fourth-order valence-electron chi connectivity index (χ4n) is 3.15. The molecule has 2 atom stereocenters. The molecule has 0 unspecified atom stereocenters. The lowest BCUT2D eigenvalue weighted by atomic mass is 9.86. The van der Waals surface area contributed by atoms with Crippen LogP contribution in [0.4, 0.5) is 0 Å². The van der Waals surface area contributed by atoms with Crippen LogP contribution in [0.3, 0.4) is 0 Å². The fraction of sp³-hybridized carbons (Fsp3) is 0.611. The van der Waals surface area contributed by atoms with Gasteiger partial charge in [0.2, 0.25) is 0 Å². The first-order valence-electron chi connectivity index (χ1n) is 8.53. The van der Waals surface area contributed by atoms with Crippen LogP contribution < -0.4 is 5.32 Å². The summed E-state index contributed by atoms with van der Waals surface area (Å²) in [6, 6.07) is 0.196. The first kappa shape index (κ1) is 18.2. The van der Waals surface area contributed by atoms with Crippen molar-refractivity contribution in [1.82, 2.24) is 15.1 Å². The zero-order chi connectivity index (χ0) is 17.7. The van der Waals surface area contributed by atoms with E-state index in [0.717, 1.165) is 36.2 Å². The topological polar surface area (TPSA) is 73.2 Å². The number of amides is 1. The van der Waals surface area contributed by atoms with E-state index in [1.807, 2.05) is 20.9 Å². The molecule has 1 saturated carbocycles. The number of nitrogens with one attached hydrogen (secondary N) is 1. The van der Waals surface area contributed by atoms with Gasteiger partial charge in [-0.05, 0) is 38.7 Å². The van der Waals surface area contributed by atoms with Gasteiger partial charge in [0.15, 0.2) is 6.61 Å². The molecule has 1 amide bonds. The molecule has 1 heterocycles. The molecule has 1 N–H and O–H groups in total. The third kappa shape index (κ3) is 4.69. The smallest absolute Gasteiger partial charge is 0.331 e. The van der Waals surface area contributed by atoms with Gasteiger partial charge in [-0.1, -0.05) is 19.8 Å². The second-order valence-electron chi connectivity index (χ2n) is 6.58. The molecule has 1 aliphatic carbocycles. The number of hydrogen-bond acceptors (Lipinski definition) is 4. The molecular weight excluding hydrogens is 306 g/mol. The van der Waals surface area contributed by atoms with Crippen molar-refractivity contribution >= 4 is 18.0 Å². The monoisotopic (exact) mass is 333 g/mol. The first-order valence-corrected chi connectivity index (χ1v) is 8.53. The van der Waals surface area contributed by atoms with Gasteiger partial charge in [-0.15, -0.1) is 0 Å². The van der Waals surface area contributed by atoms with Crippen LogP contribution in [0, 0.1) is 19.8 Å². The molecular formula is C18H27N3O3. The molecule has 1 aliphatic rings. The van der Waals surface area contributed by atoms with E-state index in [1.54, 1.807) is 10.8 Å². The number of ether oxygens (including phenoxy) is 1. The third-order valence-corrected chi connectivity index (χ3v) is 4.75. The van der Waals surface area contributed by atoms with Crippen LogP contribution in [0.5, 0.6) is 0 Å². The van der Waals surface area contributed by atoms with Crippen molar-refractivity contribution in [2.75, 3.05) is 6.61 Å². The Morgan fingerprint density at radius 1 is 1.33 bits per heavy atom. The summed E-state index contributed by atoms with van der Waals surface area (Å²) in [5, 5.41) is 7.25. The van der Waals surface area contributed by atoms with Gasteiger partial charge in [0.1, 0.15) is 0 Å². The molecule has 132 valence electrons. The van der Waals surface area contributed by atoms with E-state index >= 15 is 0 Å². The molecule has 24 heavy (non-hydrogen) atoms. The molecule has 6 nitrogen and oxygen atoms in total. The maximum Gasteiger partial charge on any atom is 0.331 e. The highest BCUT2D eigenvalue weighted by Crippen LogP contribution is 2.23. The Morgan fingerprint density at radius 2 is 2.04 bits per heavy atom. The SMILES string of the molecule is Cc1nn(C)c(C)c1/C=C/C(=O)OCC(=O)N[C@@H]1CCCC[C@@H]1C. The van der Waals surface area contributed by atoms with Gasteiger partial charge in [0.25, 0.3) is 5.91 Å². The maximum atomic E-state index is 11.9. The highest BCUT2D eigenvalue weighted by molar-refractivity contribution is 5.89. The van der Waals surface area contributed by atoms with Crippen LogP contribution in [0.2, 0.25) is 0 Å². The molecule has 0 saturated heterocycles. The number of hydrogen-bond donors (Lipinski definition) is 1. The standard InChI is InChI=1S/C18H27N3O3/c1-12-7-5-6-8-16(12)19-17(22)11-24-18(23)10-9-15-13(2)20-21(4)14(15)3/h9-10,12,16H,5-8,11H2,1-4H3,(H,19,22)/b10-9+/t12-,16+/m0/s1. The maximum absolute atomic E-state index is 11.9. The highest BCUT2D eigenvalue weighted by Gasteiger charge is 2.22. The largest absolute Gasteiger partial charge is 0.452 e. The van der Waals surface area contributed by atoms with Crippen molar-refractivity contribution in [2.24, 2.45) is 13.0 Å². The van der Waals surface area contributed by atoms with E-state index in [2.05, 4.69) is 17.3 Å². The van der Waals surface area contributed by atoms with E-state index < -0.39 is 5.97 Å². The summed E-state index contributed by atoms with van der Waals surface area (Å²) < 4.78 is 6.79. The van der Waals surface area contributed by atoms with E-state index in [-0.39, 0.29) is 18.6 Å². The number of aryl methyl sites for hydroxylation is 2. The number of rotatable bonds is 5. The molecule has 6 heteroatoms. The molecule has 0 spiro atoms. The summed E-state index contributed by atoms with van der Waals surface area (Å²) in [6.45, 7) is 5.73. The van der Waals surface area contributed by atoms with Crippen LogP contribution >= 0.6 is 0 Å². The van der Waals surface area contributed by atoms with Gasteiger partial charge >= 0.3 is 5.97 Å². The van der Waals surface area contributed by atoms with Gasteiger partial charge in [-0.2, -0.15) is 5.10 Å².